The molecule has 0 spiro atoms. The second-order valence-electron chi connectivity index (χ2n) is 8.69. The number of aryl methyl sites for hydroxylation is 2. The molecule has 0 N–H and O–H groups in total. The van der Waals surface area contributed by atoms with Crippen LogP contribution >= 0.6 is 0 Å². The van der Waals surface area contributed by atoms with Gasteiger partial charge in [0.05, 0.1) is 12.1 Å². The fraction of sp³-hybridized carbons (Fsp3) is 0.385. The summed E-state index contributed by atoms with van der Waals surface area (Å²) in [6.45, 7) is 8.39. The first kappa shape index (κ1) is 21.2. The zero-order chi connectivity index (χ0) is 22.0. The summed E-state index contributed by atoms with van der Waals surface area (Å²) in [5, 5.41) is 0. The molecule has 0 saturated carbocycles. The van der Waals surface area contributed by atoms with E-state index in [-0.39, 0.29) is 25.0 Å². The van der Waals surface area contributed by atoms with Crippen molar-refractivity contribution in [3.05, 3.63) is 70.9 Å². The number of rotatable bonds is 6. The molecule has 5 heteroatoms. The molecule has 2 aromatic carbocycles. The van der Waals surface area contributed by atoms with Gasteiger partial charge in [-0.2, -0.15) is 0 Å². The van der Waals surface area contributed by atoms with Crippen molar-refractivity contribution >= 4 is 17.4 Å². The van der Waals surface area contributed by atoms with Gasteiger partial charge in [0, 0.05) is 13.1 Å². The molecule has 1 saturated heterocycles. The first-order chi connectivity index (χ1) is 14.9. The molecule has 0 radical (unpaired) electrons. The van der Waals surface area contributed by atoms with E-state index in [0.29, 0.717) is 17.2 Å². The van der Waals surface area contributed by atoms with E-state index < -0.39 is 0 Å². The third kappa shape index (κ3) is 4.50. The van der Waals surface area contributed by atoms with Crippen LogP contribution in [0.4, 0.5) is 0 Å². The van der Waals surface area contributed by atoms with E-state index in [1.54, 1.807) is 0 Å². The number of hydrogen-bond acceptors (Lipinski definition) is 4. The summed E-state index contributed by atoms with van der Waals surface area (Å²) in [5.41, 5.74) is 4.11. The molecular formula is C26H30N2O3. The van der Waals surface area contributed by atoms with Gasteiger partial charge in [0.2, 0.25) is 0 Å². The minimum Gasteiger partial charge on any atom is -0.492 e. The Kier molecular flexibility index (Phi) is 6.12. The Labute approximate surface area is 184 Å². The number of ether oxygens (including phenoxy) is 1. The van der Waals surface area contributed by atoms with Crippen molar-refractivity contribution in [2.45, 2.75) is 33.6 Å². The molecule has 2 aliphatic rings. The zero-order valence-corrected chi connectivity index (χ0v) is 18.6. The predicted octanol–water partition coefficient (Wildman–Crippen LogP) is 4.19. The summed E-state index contributed by atoms with van der Waals surface area (Å²) in [4.78, 5) is 30.2. The Morgan fingerprint density at radius 1 is 0.935 bits per heavy atom. The highest BCUT2D eigenvalue weighted by molar-refractivity contribution is 6.35. The number of likely N-dealkylation sites (tertiary alicyclic amines) is 1. The Morgan fingerprint density at radius 3 is 2.23 bits per heavy atom. The maximum atomic E-state index is 13.4. The monoisotopic (exact) mass is 418 g/mol. The van der Waals surface area contributed by atoms with Crippen molar-refractivity contribution < 1.29 is 14.3 Å². The summed E-state index contributed by atoms with van der Waals surface area (Å²) in [7, 11) is 0. The molecule has 2 aliphatic heterocycles. The highest BCUT2D eigenvalue weighted by Gasteiger charge is 2.41. The number of piperidine rings is 1. The molecule has 0 unspecified atom stereocenters. The normalized spacial score (nSPS) is 17.6. The van der Waals surface area contributed by atoms with Gasteiger partial charge in [0.15, 0.2) is 0 Å². The van der Waals surface area contributed by atoms with Crippen molar-refractivity contribution in [2.75, 3.05) is 26.2 Å². The topological polar surface area (TPSA) is 49.9 Å². The van der Waals surface area contributed by atoms with Crippen LogP contribution in [0.25, 0.3) is 5.57 Å². The fourth-order valence-electron chi connectivity index (χ4n) is 4.43. The van der Waals surface area contributed by atoms with Crippen molar-refractivity contribution in [3.8, 4) is 5.75 Å². The summed E-state index contributed by atoms with van der Waals surface area (Å²) in [6, 6.07) is 15.6. The lowest BCUT2D eigenvalue weighted by Crippen LogP contribution is -2.39. The molecule has 2 amide bonds. The van der Waals surface area contributed by atoms with Crippen LogP contribution in [-0.2, 0) is 9.59 Å². The van der Waals surface area contributed by atoms with Gasteiger partial charge in [-0.15, -0.1) is 0 Å². The number of amides is 2. The molecule has 0 atom stereocenters. The van der Waals surface area contributed by atoms with Gasteiger partial charge in [0.25, 0.3) is 11.8 Å². The van der Waals surface area contributed by atoms with E-state index in [4.69, 9.17) is 4.74 Å². The van der Waals surface area contributed by atoms with Crippen molar-refractivity contribution in [1.29, 1.82) is 0 Å². The van der Waals surface area contributed by atoms with Gasteiger partial charge in [-0.3, -0.25) is 14.5 Å². The summed E-state index contributed by atoms with van der Waals surface area (Å²) < 4.78 is 5.88. The molecule has 0 bridgehead atoms. The molecule has 0 aromatic heterocycles. The number of hydrogen-bond donors (Lipinski definition) is 0. The van der Waals surface area contributed by atoms with Crippen LogP contribution in [0.2, 0.25) is 0 Å². The molecule has 2 heterocycles. The second-order valence-corrected chi connectivity index (χ2v) is 8.69. The molecule has 1 fully saturated rings. The molecule has 2 aromatic rings. The third-order valence-corrected chi connectivity index (χ3v) is 6.08. The molecule has 31 heavy (non-hydrogen) atoms. The van der Waals surface area contributed by atoms with Gasteiger partial charge in [0.1, 0.15) is 18.1 Å². The Balaban J connectivity index is 1.54. The van der Waals surface area contributed by atoms with Crippen LogP contribution in [0.3, 0.4) is 0 Å². The van der Waals surface area contributed by atoms with Crippen LogP contribution in [0.15, 0.2) is 54.2 Å². The Hall–Kier alpha value is -3.08. The smallest absolute Gasteiger partial charge is 0.277 e. The summed E-state index contributed by atoms with van der Waals surface area (Å²) in [6.07, 6.45) is 2.06. The van der Waals surface area contributed by atoms with Crippen LogP contribution < -0.4 is 4.74 Å². The molecule has 5 nitrogen and oxygen atoms in total. The minimum atomic E-state index is -0.228. The van der Waals surface area contributed by atoms with E-state index in [2.05, 4.69) is 17.9 Å². The van der Waals surface area contributed by atoms with E-state index in [1.807, 2.05) is 56.3 Å². The first-order valence-electron chi connectivity index (χ1n) is 11.1. The van der Waals surface area contributed by atoms with Gasteiger partial charge in [-0.05, 0) is 61.4 Å². The lowest BCUT2D eigenvalue weighted by atomic mass is 9.97. The van der Waals surface area contributed by atoms with Gasteiger partial charge < -0.3 is 9.64 Å². The average Bonchev–Trinajstić information content (AvgIpc) is 2.99. The molecule has 162 valence electrons. The fourth-order valence-corrected chi connectivity index (χ4v) is 4.43. The summed E-state index contributed by atoms with van der Waals surface area (Å²) in [5.74, 6) is 0.973. The zero-order valence-electron chi connectivity index (χ0n) is 18.6. The van der Waals surface area contributed by atoms with Gasteiger partial charge in [-0.1, -0.05) is 43.3 Å². The van der Waals surface area contributed by atoms with Crippen LogP contribution in [0.1, 0.15) is 36.5 Å². The van der Waals surface area contributed by atoms with Crippen LogP contribution in [0.5, 0.6) is 5.75 Å². The maximum absolute atomic E-state index is 13.4. The first-order valence-corrected chi connectivity index (χ1v) is 11.1. The molecule has 4 rings (SSSR count). The van der Waals surface area contributed by atoms with Crippen LogP contribution in [0, 0.1) is 19.8 Å². The van der Waals surface area contributed by atoms with E-state index in [9.17, 15) is 9.59 Å². The Bertz CT molecular complexity index is 984. The van der Waals surface area contributed by atoms with Crippen LogP contribution in [-0.4, -0.2) is 47.9 Å². The summed E-state index contributed by atoms with van der Waals surface area (Å²) >= 11 is 0. The van der Waals surface area contributed by atoms with Crippen molar-refractivity contribution in [3.63, 3.8) is 0 Å². The quantitative estimate of drug-likeness (QED) is 0.660. The molecular weight excluding hydrogens is 388 g/mol. The number of carbonyl (C=O) groups excluding carboxylic acids is 2. The number of nitrogens with zero attached hydrogens (tertiary/aromatic N) is 2. The number of carbonyl (C=O) groups is 2. The molecule has 0 aliphatic carbocycles. The predicted molar refractivity (Wildman–Crippen MR) is 121 cm³/mol. The maximum Gasteiger partial charge on any atom is 0.277 e. The van der Waals surface area contributed by atoms with E-state index in [0.717, 1.165) is 48.4 Å². The van der Waals surface area contributed by atoms with Crippen molar-refractivity contribution in [1.82, 2.24) is 9.80 Å². The minimum absolute atomic E-state index is 0.206. The van der Waals surface area contributed by atoms with Crippen molar-refractivity contribution in [2.24, 2.45) is 5.92 Å². The number of imide groups is 1. The largest absolute Gasteiger partial charge is 0.492 e. The third-order valence-electron chi connectivity index (χ3n) is 6.08. The lowest BCUT2D eigenvalue weighted by Gasteiger charge is -2.32. The SMILES string of the molecule is Cc1cc(C)cc(OCCN2C(=O)C(c3ccccc3)=C(N3CCC(C)CC3)C2=O)c1. The lowest BCUT2D eigenvalue weighted by molar-refractivity contribution is -0.138. The van der Waals surface area contributed by atoms with E-state index >= 15 is 0 Å². The Morgan fingerprint density at radius 2 is 1.58 bits per heavy atom. The van der Waals surface area contributed by atoms with Gasteiger partial charge in [-0.25, -0.2) is 0 Å². The standard InChI is InChI=1S/C26H30N2O3/c1-18-9-11-27(12-10-18)24-23(21-7-5-4-6-8-21)25(29)28(26(24)30)13-14-31-22-16-19(2)15-20(3)17-22/h4-8,15-18H,9-14H2,1-3H3. The highest BCUT2D eigenvalue weighted by Crippen LogP contribution is 2.33. The average molecular weight is 419 g/mol. The van der Waals surface area contributed by atoms with Gasteiger partial charge >= 0.3 is 0 Å². The second kappa shape index (κ2) is 8.96. The highest BCUT2D eigenvalue weighted by atomic mass is 16.5. The van der Waals surface area contributed by atoms with E-state index in [1.165, 1.54) is 4.90 Å². The number of benzene rings is 2.